The Labute approximate surface area is 177 Å². The molecule has 1 fully saturated rings. The number of aliphatic hydroxyl groups excluding tert-OH is 1. The van der Waals surface area contributed by atoms with Crippen molar-refractivity contribution >= 4 is 44.2 Å². The summed E-state index contributed by atoms with van der Waals surface area (Å²) in [5, 5.41) is 13.0. The fourth-order valence-electron chi connectivity index (χ4n) is 3.93. The first-order chi connectivity index (χ1) is 14.0. The minimum atomic E-state index is -0.642. The van der Waals surface area contributed by atoms with Crippen LogP contribution in [0.2, 0.25) is 0 Å². The van der Waals surface area contributed by atoms with Crippen LogP contribution in [0.25, 0.3) is 16.5 Å². The van der Waals surface area contributed by atoms with Gasteiger partial charge in [-0.2, -0.15) is 0 Å². The van der Waals surface area contributed by atoms with E-state index in [0.717, 1.165) is 20.8 Å². The number of hydrogen-bond donors (Lipinski definition) is 1. The second-order valence-corrected chi connectivity index (χ2v) is 7.98. The summed E-state index contributed by atoms with van der Waals surface area (Å²) in [6, 6.07) is 20.1. The van der Waals surface area contributed by atoms with E-state index < -0.39 is 17.7 Å². The maximum atomic E-state index is 13.0. The van der Waals surface area contributed by atoms with Gasteiger partial charge in [0, 0.05) is 16.6 Å². The molecule has 1 saturated heterocycles. The Morgan fingerprint density at radius 3 is 2.41 bits per heavy atom. The Bertz CT molecular complexity index is 1130. The van der Waals surface area contributed by atoms with Crippen LogP contribution in [-0.2, 0) is 9.59 Å². The van der Waals surface area contributed by atoms with E-state index in [-0.39, 0.29) is 11.3 Å². The molecule has 146 valence electrons. The first kappa shape index (κ1) is 19.4. The van der Waals surface area contributed by atoms with Gasteiger partial charge >= 0.3 is 0 Å². The number of aliphatic hydroxyl groups is 1. The molecule has 0 bridgehead atoms. The van der Waals surface area contributed by atoms with Gasteiger partial charge in [0.05, 0.1) is 11.6 Å². The number of likely N-dealkylation sites (tertiary alicyclic amines) is 1. The fraction of sp³-hybridized carbons (Fsp3) is 0.167. The number of nitrogens with zero attached hydrogens (tertiary/aromatic N) is 1. The normalized spacial score (nSPS) is 18.6. The molecule has 4 rings (SSSR count). The summed E-state index contributed by atoms with van der Waals surface area (Å²) < 4.78 is 0.867. The van der Waals surface area contributed by atoms with Gasteiger partial charge in [-0.3, -0.25) is 9.59 Å². The molecule has 4 nitrogen and oxygen atoms in total. The number of carbonyl (C=O) groups is 2. The number of benzene rings is 3. The second-order valence-electron chi connectivity index (χ2n) is 7.07. The van der Waals surface area contributed by atoms with Crippen molar-refractivity contribution in [3.8, 4) is 0 Å². The summed E-state index contributed by atoms with van der Waals surface area (Å²) >= 11 is 3.38. The monoisotopic (exact) mass is 449 g/mol. The van der Waals surface area contributed by atoms with Crippen LogP contribution in [0, 0.1) is 0 Å². The van der Waals surface area contributed by atoms with E-state index in [1.54, 1.807) is 29.2 Å². The molecule has 0 aliphatic carbocycles. The number of fused-ring (bicyclic) bond motifs is 1. The molecule has 3 aromatic carbocycles. The van der Waals surface area contributed by atoms with Gasteiger partial charge in [-0.15, -0.1) is 0 Å². The number of amides is 1. The number of ketones is 1. The molecule has 5 heteroatoms. The van der Waals surface area contributed by atoms with Crippen LogP contribution in [0.4, 0.5) is 0 Å². The molecule has 1 amide bonds. The highest BCUT2D eigenvalue weighted by molar-refractivity contribution is 9.10. The minimum Gasteiger partial charge on any atom is -0.507 e. The summed E-state index contributed by atoms with van der Waals surface area (Å²) in [6.07, 6.45) is 0.715. The van der Waals surface area contributed by atoms with Crippen LogP contribution < -0.4 is 0 Å². The van der Waals surface area contributed by atoms with Gasteiger partial charge in [-0.05, 0) is 34.9 Å². The highest BCUT2D eigenvalue weighted by Gasteiger charge is 2.46. The Morgan fingerprint density at radius 1 is 1.00 bits per heavy atom. The van der Waals surface area contributed by atoms with E-state index in [1.807, 2.05) is 49.4 Å². The van der Waals surface area contributed by atoms with E-state index in [0.29, 0.717) is 18.5 Å². The van der Waals surface area contributed by atoms with Crippen molar-refractivity contribution in [3.63, 3.8) is 0 Å². The number of carbonyl (C=O) groups excluding carboxylic acids is 2. The zero-order chi connectivity index (χ0) is 20.5. The number of hydrogen-bond acceptors (Lipinski definition) is 3. The lowest BCUT2D eigenvalue weighted by Crippen LogP contribution is -2.30. The summed E-state index contributed by atoms with van der Waals surface area (Å²) in [5.74, 6) is -1.35. The SMILES string of the molecule is CCCN1C(=O)C(=O)/C(=C(\O)c2ccc(Br)cc2)C1c1cccc2ccccc12. The molecule has 1 aliphatic heterocycles. The average Bonchev–Trinajstić information content (AvgIpc) is 2.98. The first-order valence-electron chi connectivity index (χ1n) is 9.55. The number of halogens is 1. The second kappa shape index (κ2) is 7.84. The Hall–Kier alpha value is -2.92. The summed E-state index contributed by atoms with van der Waals surface area (Å²) in [5.41, 5.74) is 1.49. The molecule has 0 radical (unpaired) electrons. The molecular formula is C24H20BrNO3. The molecule has 1 heterocycles. The van der Waals surface area contributed by atoms with Gasteiger partial charge in [0.1, 0.15) is 5.76 Å². The third-order valence-corrected chi connectivity index (χ3v) is 5.77. The highest BCUT2D eigenvalue weighted by atomic mass is 79.9. The molecule has 0 aromatic heterocycles. The van der Waals surface area contributed by atoms with Gasteiger partial charge in [0.25, 0.3) is 11.7 Å². The van der Waals surface area contributed by atoms with Crippen molar-refractivity contribution in [1.29, 1.82) is 0 Å². The molecule has 29 heavy (non-hydrogen) atoms. The van der Waals surface area contributed by atoms with Crippen LogP contribution in [0.5, 0.6) is 0 Å². The average molecular weight is 450 g/mol. The lowest BCUT2D eigenvalue weighted by atomic mass is 9.91. The lowest BCUT2D eigenvalue weighted by molar-refractivity contribution is -0.139. The largest absolute Gasteiger partial charge is 0.507 e. The smallest absolute Gasteiger partial charge is 0.295 e. The van der Waals surface area contributed by atoms with Crippen LogP contribution in [0.1, 0.15) is 30.5 Å². The number of rotatable bonds is 4. The van der Waals surface area contributed by atoms with Crippen molar-refractivity contribution in [2.75, 3.05) is 6.54 Å². The summed E-state index contributed by atoms with van der Waals surface area (Å²) in [7, 11) is 0. The van der Waals surface area contributed by atoms with Gasteiger partial charge in [0.15, 0.2) is 0 Å². The van der Waals surface area contributed by atoms with Crippen molar-refractivity contribution in [3.05, 3.63) is 87.9 Å². The summed E-state index contributed by atoms with van der Waals surface area (Å²) in [6.45, 7) is 2.41. The zero-order valence-electron chi connectivity index (χ0n) is 15.9. The lowest BCUT2D eigenvalue weighted by Gasteiger charge is -2.26. The van der Waals surface area contributed by atoms with Gasteiger partial charge in [-0.25, -0.2) is 0 Å². The molecule has 1 atom stereocenters. The highest BCUT2D eigenvalue weighted by Crippen LogP contribution is 2.41. The van der Waals surface area contributed by atoms with Crippen molar-refractivity contribution in [2.24, 2.45) is 0 Å². The molecular weight excluding hydrogens is 430 g/mol. The van der Waals surface area contributed by atoms with Crippen LogP contribution in [-0.4, -0.2) is 28.2 Å². The van der Waals surface area contributed by atoms with E-state index in [2.05, 4.69) is 15.9 Å². The Balaban J connectivity index is 1.97. The topological polar surface area (TPSA) is 57.6 Å². The van der Waals surface area contributed by atoms with E-state index in [9.17, 15) is 14.7 Å². The molecule has 1 unspecified atom stereocenters. The van der Waals surface area contributed by atoms with Crippen LogP contribution >= 0.6 is 15.9 Å². The fourth-order valence-corrected chi connectivity index (χ4v) is 4.19. The maximum absolute atomic E-state index is 13.0. The minimum absolute atomic E-state index is 0.141. The van der Waals surface area contributed by atoms with Crippen molar-refractivity contribution in [2.45, 2.75) is 19.4 Å². The van der Waals surface area contributed by atoms with E-state index >= 15 is 0 Å². The van der Waals surface area contributed by atoms with E-state index in [1.165, 1.54) is 0 Å². The third-order valence-electron chi connectivity index (χ3n) is 5.24. The van der Waals surface area contributed by atoms with Crippen LogP contribution in [0.3, 0.4) is 0 Å². The first-order valence-corrected chi connectivity index (χ1v) is 10.3. The molecule has 1 N–H and O–H groups in total. The van der Waals surface area contributed by atoms with Crippen molar-refractivity contribution < 1.29 is 14.7 Å². The van der Waals surface area contributed by atoms with Gasteiger partial charge < -0.3 is 10.0 Å². The zero-order valence-corrected chi connectivity index (χ0v) is 17.5. The third kappa shape index (κ3) is 3.36. The molecule has 3 aromatic rings. The summed E-state index contributed by atoms with van der Waals surface area (Å²) in [4.78, 5) is 27.4. The molecule has 0 spiro atoms. The maximum Gasteiger partial charge on any atom is 0.295 e. The molecule has 1 aliphatic rings. The van der Waals surface area contributed by atoms with Crippen molar-refractivity contribution in [1.82, 2.24) is 4.90 Å². The van der Waals surface area contributed by atoms with Gasteiger partial charge in [0.2, 0.25) is 0 Å². The Kier molecular flexibility index (Phi) is 5.24. The van der Waals surface area contributed by atoms with Crippen LogP contribution in [0.15, 0.2) is 76.8 Å². The van der Waals surface area contributed by atoms with Gasteiger partial charge in [-0.1, -0.05) is 77.5 Å². The van der Waals surface area contributed by atoms with E-state index in [4.69, 9.17) is 0 Å². The standard InChI is InChI=1S/C24H20BrNO3/c1-2-14-26-21(19-9-5-7-15-6-3-4-8-18(15)19)20(23(28)24(26)29)22(27)16-10-12-17(25)13-11-16/h3-13,21,27H,2,14H2,1H3/b22-20-. The number of Topliss-reactive ketones (excluding diaryl/α,β-unsaturated/α-hetero) is 1. The predicted molar refractivity (Wildman–Crippen MR) is 117 cm³/mol. The Morgan fingerprint density at radius 2 is 1.69 bits per heavy atom. The molecule has 0 saturated carbocycles. The predicted octanol–water partition coefficient (Wildman–Crippen LogP) is 5.43. The quantitative estimate of drug-likeness (QED) is 0.328.